The van der Waals surface area contributed by atoms with Crippen molar-refractivity contribution in [3.63, 3.8) is 0 Å². The van der Waals surface area contributed by atoms with Gasteiger partial charge in [-0.3, -0.25) is 9.89 Å². The highest BCUT2D eigenvalue weighted by molar-refractivity contribution is 5.81. The zero-order chi connectivity index (χ0) is 19.8. The van der Waals surface area contributed by atoms with Gasteiger partial charge in [-0.05, 0) is 18.6 Å². The molecule has 1 aliphatic rings. The largest absolute Gasteiger partial charge is 0.336 e. The second kappa shape index (κ2) is 7.41. The van der Waals surface area contributed by atoms with Crippen LogP contribution in [-0.4, -0.2) is 37.1 Å². The molecule has 6 nitrogen and oxygen atoms in total. The molecule has 28 heavy (non-hydrogen) atoms. The lowest BCUT2D eigenvalue weighted by Crippen LogP contribution is -2.38. The Balaban J connectivity index is 1.60. The van der Waals surface area contributed by atoms with Crippen LogP contribution in [0.3, 0.4) is 0 Å². The van der Waals surface area contributed by atoms with E-state index in [0.29, 0.717) is 19.0 Å². The number of fused-ring (bicyclic) bond motifs is 2. The third-order valence-corrected chi connectivity index (χ3v) is 5.89. The number of carbonyl (C=O) groups excluding carboxylic acids is 1. The van der Waals surface area contributed by atoms with Crippen LogP contribution in [0.5, 0.6) is 0 Å². The molecule has 0 aliphatic carbocycles. The zero-order valence-corrected chi connectivity index (χ0v) is 17.2. The molecule has 148 valence electrons. The second-order valence-corrected chi connectivity index (χ2v) is 8.14. The van der Waals surface area contributed by atoms with Crippen molar-refractivity contribution >= 4 is 16.9 Å². The number of imidazole rings is 1. The van der Waals surface area contributed by atoms with E-state index in [1.165, 1.54) is 11.3 Å². The summed E-state index contributed by atoms with van der Waals surface area (Å²) in [6, 6.07) is 8.06. The van der Waals surface area contributed by atoms with Gasteiger partial charge < -0.3 is 9.47 Å². The van der Waals surface area contributed by atoms with Crippen LogP contribution in [0.25, 0.3) is 11.0 Å². The first-order valence-corrected chi connectivity index (χ1v) is 10.3. The normalized spacial score (nSPS) is 15.2. The van der Waals surface area contributed by atoms with Gasteiger partial charge in [0, 0.05) is 42.6 Å². The Bertz CT molecular complexity index is 1000. The minimum Gasteiger partial charge on any atom is -0.336 e. The van der Waals surface area contributed by atoms with Gasteiger partial charge in [-0.25, -0.2) is 4.98 Å². The Morgan fingerprint density at radius 1 is 1.25 bits per heavy atom. The number of aromatic nitrogens is 4. The number of carbonyl (C=O) groups is 1. The molecular formula is C22H29N5O. The number of nitrogens with zero attached hydrogens (tertiary/aromatic N) is 4. The molecule has 0 saturated heterocycles. The van der Waals surface area contributed by atoms with Gasteiger partial charge in [0.1, 0.15) is 12.4 Å². The van der Waals surface area contributed by atoms with Crippen molar-refractivity contribution in [1.29, 1.82) is 0 Å². The molecule has 1 aromatic carbocycles. The first-order chi connectivity index (χ1) is 13.5. The molecule has 1 aliphatic heterocycles. The standard InChI is InChI=1S/C22H29N5O/c1-5-15(4)21-16-12-26(11-10-17(16)24-25-21)20(28)13-27-19-9-7-6-8-18(19)23-22(27)14(2)3/h6-9,14-15H,5,10-13H2,1-4H3,(H,24,25)/t15-/m0/s1. The SMILES string of the molecule is CC[C@H](C)c1n[nH]c2c1CN(C(=O)Cn1c(C(C)C)nc3ccccc31)CC2. The Hall–Kier alpha value is -2.63. The molecule has 3 aromatic rings. The van der Waals surface area contributed by atoms with Gasteiger partial charge in [0.05, 0.1) is 16.7 Å². The lowest BCUT2D eigenvalue weighted by atomic mass is 9.96. The molecular weight excluding hydrogens is 350 g/mol. The van der Waals surface area contributed by atoms with Crippen LogP contribution < -0.4 is 0 Å². The minimum absolute atomic E-state index is 0.145. The summed E-state index contributed by atoms with van der Waals surface area (Å²) >= 11 is 0. The molecule has 4 rings (SSSR count). The number of benzene rings is 1. The van der Waals surface area contributed by atoms with Gasteiger partial charge in [0.2, 0.25) is 5.91 Å². The molecule has 2 aromatic heterocycles. The monoisotopic (exact) mass is 379 g/mol. The molecule has 6 heteroatoms. The Kier molecular flexibility index (Phi) is 4.96. The lowest BCUT2D eigenvalue weighted by molar-refractivity contribution is -0.132. The number of hydrogen-bond acceptors (Lipinski definition) is 3. The molecule has 0 unspecified atom stereocenters. The van der Waals surface area contributed by atoms with Crippen molar-refractivity contribution in [3.05, 3.63) is 47.0 Å². The molecule has 3 heterocycles. The fraction of sp³-hybridized carbons (Fsp3) is 0.500. The topological polar surface area (TPSA) is 66.8 Å². The highest BCUT2D eigenvalue weighted by Gasteiger charge is 2.27. The van der Waals surface area contributed by atoms with Crippen molar-refractivity contribution < 1.29 is 4.79 Å². The van der Waals surface area contributed by atoms with E-state index < -0.39 is 0 Å². The van der Waals surface area contributed by atoms with Crippen molar-refractivity contribution in [2.45, 2.75) is 65.5 Å². The molecule has 0 spiro atoms. The quantitative estimate of drug-likeness (QED) is 0.729. The van der Waals surface area contributed by atoms with Gasteiger partial charge in [-0.2, -0.15) is 5.10 Å². The van der Waals surface area contributed by atoms with E-state index in [1.807, 2.05) is 29.2 Å². The highest BCUT2D eigenvalue weighted by Crippen LogP contribution is 2.28. The van der Waals surface area contributed by atoms with E-state index in [1.54, 1.807) is 0 Å². The Labute approximate surface area is 166 Å². The summed E-state index contributed by atoms with van der Waals surface area (Å²) < 4.78 is 2.09. The van der Waals surface area contributed by atoms with Gasteiger partial charge >= 0.3 is 0 Å². The zero-order valence-electron chi connectivity index (χ0n) is 17.2. The number of aromatic amines is 1. The van der Waals surface area contributed by atoms with Gasteiger partial charge in [-0.15, -0.1) is 0 Å². The molecule has 0 bridgehead atoms. The third-order valence-electron chi connectivity index (χ3n) is 5.89. The number of hydrogen-bond donors (Lipinski definition) is 1. The Morgan fingerprint density at radius 3 is 2.79 bits per heavy atom. The van der Waals surface area contributed by atoms with Crippen molar-refractivity contribution in [2.24, 2.45) is 0 Å². The van der Waals surface area contributed by atoms with Gasteiger partial charge in [0.25, 0.3) is 0 Å². The summed E-state index contributed by atoms with van der Waals surface area (Å²) in [7, 11) is 0. The van der Waals surface area contributed by atoms with Crippen LogP contribution in [0, 0.1) is 0 Å². The highest BCUT2D eigenvalue weighted by atomic mass is 16.2. The molecule has 0 radical (unpaired) electrons. The van der Waals surface area contributed by atoms with Gasteiger partial charge in [-0.1, -0.05) is 39.8 Å². The first kappa shape index (κ1) is 18.7. The summed E-state index contributed by atoms with van der Waals surface area (Å²) in [5, 5.41) is 7.73. The Morgan fingerprint density at radius 2 is 2.04 bits per heavy atom. The van der Waals surface area contributed by atoms with E-state index >= 15 is 0 Å². The average Bonchev–Trinajstić information content (AvgIpc) is 3.29. The van der Waals surface area contributed by atoms with Crippen molar-refractivity contribution in [1.82, 2.24) is 24.6 Å². The molecule has 1 atom stereocenters. The van der Waals surface area contributed by atoms with E-state index in [2.05, 4.69) is 42.5 Å². The van der Waals surface area contributed by atoms with E-state index in [9.17, 15) is 4.79 Å². The lowest BCUT2D eigenvalue weighted by Gasteiger charge is -2.28. The number of para-hydroxylation sites is 2. The molecule has 0 saturated carbocycles. The maximum absolute atomic E-state index is 13.2. The number of amides is 1. The minimum atomic E-state index is 0.145. The first-order valence-electron chi connectivity index (χ1n) is 10.3. The van der Waals surface area contributed by atoms with Crippen molar-refractivity contribution in [3.8, 4) is 0 Å². The average molecular weight is 380 g/mol. The fourth-order valence-corrected chi connectivity index (χ4v) is 4.07. The van der Waals surface area contributed by atoms with Crippen LogP contribution in [-0.2, 0) is 24.3 Å². The summed E-state index contributed by atoms with van der Waals surface area (Å²) in [6.45, 7) is 10.3. The van der Waals surface area contributed by atoms with Crippen LogP contribution in [0.15, 0.2) is 24.3 Å². The smallest absolute Gasteiger partial charge is 0.242 e. The van der Waals surface area contributed by atoms with Crippen molar-refractivity contribution in [2.75, 3.05) is 6.54 Å². The van der Waals surface area contributed by atoms with Crippen LogP contribution in [0.1, 0.15) is 68.7 Å². The van der Waals surface area contributed by atoms with E-state index in [4.69, 9.17) is 4.98 Å². The summed E-state index contributed by atoms with van der Waals surface area (Å²) in [5.41, 5.74) is 5.50. The van der Waals surface area contributed by atoms with Crippen LogP contribution in [0.2, 0.25) is 0 Å². The predicted octanol–water partition coefficient (Wildman–Crippen LogP) is 3.98. The molecule has 0 fully saturated rings. The van der Waals surface area contributed by atoms with E-state index in [0.717, 1.165) is 41.9 Å². The maximum Gasteiger partial charge on any atom is 0.242 e. The summed E-state index contributed by atoms with van der Waals surface area (Å²) in [5.74, 6) is 1.78. The predicted molar refractivity (Wildman–Crippen MR) is 110 cm³/mol. The molecule has 1 amide bonds. The number of nitrogens with one attached hydrogen (secondary N) is 1. The summed E-state index contributed by atoms with van der Waals surface area (Å²) in [4.78, 5) is 20.0. The molecule has 1 N–H and O–H groups in total. The number of H-pyrrole nitrogens is 1. The van der Waals surface area contributed by atoms with Gasteiger partial charge in [0.15, 0.2) is 0 Å². The maximum atomic E-state index is 13.2. The van der Waals surface area contributed by atoms with E-state index in [-0.39, 0.29) is 11.8 Å². The van der Waals surface area contributed by atoms with Crippen LogP contribution >= 0.6 is 0 Å². The summed E-state index contributed by atoms with van der Waals surface area (Å²) in [6.07, 6.45) is 1.89. The number of rotatable bonds is 5. The fourth-order valence-electron chi connectivity index (χ4n) is 4.07. The third kappa shape index (κ3) is 3.21. The van der Waals surface area contributed by atoms with Crippen LogP contribution in [0.4, 0.5) is 0 Å². The second-order valence-electron chi connectivity index (χ2n) is 8.14.